The quantitative estimate of drug-likeness (QED) is 0.158. The van der Waals surface area contributed by atoms with Gasteiger partial charge in [-0.05, 0) is 140 Å². The maximum Gasteiger partial charge on any atom is 0.145 e. The van der Waals surface area contributed by atoms with Crippen LogP contribution in [0, 0.1) is 6.92 Å². The third-order valence-corrected chi connectivity index (χ3v) is 11.3. The molecule has 0 saturated heterocycles. The average Bonchev–Trinajstić information content (AvgIpc) is 3.63. The number of benzene rings is 8. The molecule has 1 aliphatic carbocycles. The van der Waals surface area contributed by atoms with E-state index in [-0.39, 0.29) is 0 Å². The third-order valence-electron chi connectivity index (χ3n) is 11.3. The zero-order chi connectivity index (χ0) is 36.9. The zero-order valence-corrected chi connectivity index (χ0v) is 31.1. The Kier molecular flexibility index (Phi) is 8.11. The van der Waals surface area contributed by atoms with E-state index >= 15 is 0 Å². The van der Waals surface area contributed by atoms with Crippen LogP contribution in [0.5, 0.6) is 0 Å². The summed E-state index contributed by atoms with van der Waals surface area (Å²) in [7, 11) is 0. The molecule has 10 rings (SSSR count). The lowest BCUT2D eigenvalue weighted by molar-refractivity contribution is 0.960. The molecule has 0 radical (unpaired) electrons. The van der Waals surface area contributed by atoms with Crippen molar-refractivity contribution >= 4 is 55.1 Å². The van der Waals surface area contributed by atoms with Crippen LogP contribution in [0.3, 0.4) is 0 Å². The van der Waals surface area contributed by atoms with E-state index in [4.69, 9.17) is 4.98 Å². The molecule has 1 heterocycles. The summed E-state index contributed by atoms with van der Waals surface area (Å²) < 4.78 is 2.35. The highest BCUT2D eigenvalue weighted by atomic mass is 15.1. The van der Waals surface area contributed by atoms with Gasteiger partial charge in [-0.25, -0.2) is 4.98 Å². The molecule has 262 valence electrons. The number of hydrogen-bond acceptors (Lipinski definition) is 1. The monoisotopic (exact) mass is 704 g/mol. The van der Waals surface area contributed by atoms with Gasteiger partial charge in [0, 0.05) is 11.3 Å². The van der Waals surface area contributed by atoms with Gasteiger partial charge >= 0.3 is 0 Å². The van der Waals surface area contributed by atoms with E-state index in [9.17, 15) is 0 Å². The van der Waals surface area contributed by atoms with Gasteiger partial charge in [0.15, 0.2) is 0 Å². The van der Waals surface area contributed by atoms with Gasteiger partial charge in [-0.15, -0.1) is 0 Å². The number of nitrogens with zero attached hydrogens (tertiary/aromatic N) is 2. The van der Waals surface area contributed by atoms with Crippen molar-refractivity contribution in [1.82, 2.24) is 9.55 Å². The summed E-state index contributed by atoms with van der Waals surface area (Å²) in [6.07, 6.45) is 13.0. The van der Waals surface area contributed by atoms with Gasteiger partial charge in [0.1, 0.15) is 5.82 Å². The standard InChI is InChI=1S/C53H40N2/c1-3-13-39-32-42(23-22-35(39)2)52-46-19-10-9-18-45(46)51(43-29-26-36-14-7-8-15-40(36)33-43)47-31-30-41(34-48(47)52)37-24-27-38(28-25-37)53-54-49-20-11-12-21-50(49)55(53)44-16-5-4-6-17-44/h3-5,7-16,18-34H,6,17H2,1-2H3/b13-3-. The smallest absolute Gasteiger partial charge is 0.145 e. The molecule has 0 spiro atoms. The van der Waals surface area contributed by atoms with Crippen molar-refractivity contribution in [3.05, 3.63) is 187 Å². The average molecular weight is 705 g/mol. The van der Waals surface area contributed by atoms with Gasteiger partial charge in [-0.3, -0.25) is 4.57 Å². The lowest BCUT2D eigenvalue weighted by Gasteiger charge is -2.19. The van der Waals surface area contributed by atoms with Crippen LogP contribution in [0.1, 0.15) is 30.9 Å². The second kappa shape index (κ2) is 13.6. The first kappa shape index (κ1) is 32.8. The lowest BCUT2D eigenvalue weighted by Crippen LogP contribution is -2.01. The van der Waals surface area contributed by atoms with Crippen molar-refractivity contribution in [1.29, 1.82) is 0 Å². The molecule has 0 N–H and O–H groups in total. The topological polar surface area (TPSA) is 17.8 Å². The number of allylic oxidation sites excluding steroid dienone is 5. The number of hydrogen-bond donors (Lipinski definition) is 0. The molecule has 0 aliphatic heterocycles. The Bertz CT molecular complexity index is 3040. The van der Waals surface area contributed by atoms with E-state index in [0.29, 0.717) is 0 Å². The number of aryl methyl sites for hydroxylation is 1. The summed E-state index contributed by atoms with van der Waals surface area (Å²) in [5.41, 5.74) is 14.4. The van der Waals surface area contributed by atoms with Gasteiger partial charge < -0.3 is 0 Å². The van der Waals surface area contributed by atoms with Crippen molar-refractivity contribution in [2.75, 3.05) is 0 Å². The summed E-state index contributed by atoms with van der Waals surface area (Å²) >= 11 is 0. The van der Waals surface area contributed by atoms with Gasteiger partial charge in [-0.1, -0.05) is 146 Å². The van der Waals surface area contributed by atoms with E-state index in [1.165, 1.54) is 82.5 Å². The second-order valence-electron chi connectivity index (χ2n) is 14.7. The van der Waals surface area contributed by atoms with E-state index in [1.54, 1.807) is 0 Å². The minimum Gasteiger partial charge on any atom is -0.296 e. The zero-order valence-electron chi connectivity index (χ0n) is 31.1. The van der Waals surface area contributed by atoms with Gasteiger partial charge in [-0.2, -0.15) is 0 Å². The molecule has 0 fully saturated rings. The van der Waals surface area contributed by atoms with Crippen molar-refractivity contribution in [3.8, 4) is 44.8 Å². The van der Waals surface area contributed by atoms with Crippen LogP contribution in [0.15, 0.2) is 176 Å². The first-order valence-electron chi connectivity index (χ1n) is 19.3. The Labute approximate surface area is 322 Å². The highest BCUT2D eigenvalue weighted by Gasteiger charge is 2.20. The van der Waals surface area contributed by atoms with E-state index < -0.39 is 0 Å². The number of para-hydroxylation sites is 2. The summed E-state index contributed by atoms with van der Waals surface area (Å²) in [5, 5.41) is 7.51. The van der Waals surface area contributed by atoms with Crippen molar-refractivity contribution in [3.63, 3.8) is 0 Å². The normalized spacial score (nSPS) is 13.1. The second-order valence-corrected chi connectivity index (χ2v) is 14.7. The molecule has 0 atom stereocenters. The lowest BCUT2D eigenvalue weighted by atomic mass is 9.84. The molecular formula is C53H40N2. The van der Waals surface area contributed by atoms with Crippen LogP contribution in [0.2, 0.25) is 0 Å². The van der Waals surface area contributed by atoms with Crippen LogP contribution < -0.4 is 0 Å². The number of fused-ring (bicyclic) bond motifs is 4. The van der Waals surface area contributed by atoms with Gasteiger partial charge in [0.2, 0.25) is 0 Å². The van der Waals surface area contributed by atoms with E-state index in [0.717, 1.165) is 35.3 Å². The molecule has 55 heavy (non-hydrogen) atoms. The first-order valence-corrected chi connectivity index (χ1v) is 19.3. The highest BCUT2D eigenvalue weighted by molar-refractivity contribution is 6.22. The molecule has 2 nitrogen and oxygen atoms in total. The fraction of sp³-hybridized carbons (Fsp3) is 0.0755. The maximum atomic E-state index is 5.15. The van der Waals surface area contributed by atoms with Crippen molar-refractivity contribution < 1.29 is 0 Å². The minimum absolute atomic E-state index is 0.984. The summed E-state index contributed by atoms with van der Waals surface area (Å²) in [4.78, 5) is 5.15. The minimum atomic E-state index is 0.984. The fourth-order valence-electron chi connectivity index (χ4n) is 8.58. The number of aromatic nitrogens is 2. The fourth-order valence-corrected chi connectivity index (χ4v) is 8.58. The predicted octanol–water partition coefficient (Wildman–Crippen LogP) is 14.7. The molecule has 2 heteroatoms. The Hall–Kier alpha value is -6.77. The Morgan fingerprint density at radius 2 is 1.22 bits per heavy atom. The molecule has 0 saturated carbocycles. The Balaban J connectivity index is 1.18. The predicted molar refractivity (Wildman–Crippen MR) is 236 cm³/mol. The molecule has 1 aliphatic rings. The summed E-state index contributed by atoms with van der Waals surface area (Å²) in [6.45, 7) is 4.28. The Morgan fingerprint density at radius 1 is 0.564 bits per heavy atom. The van der Waals surface area contributed by atoms with Crippen molar-refractivity contribution in [2.24, 2.45) is 0 Å². The molecule has 0 bridgehead atoms. The largest absolute Gasteiger partial charge is 0.296 e. The third kappa shape index (κ3) is 5.70. The summed E-state index contributed by atoms with van der Waals surface area (Å²) in [5.74, 6) is 0.984. The van der Waals surface area contributed by atoms with Crippen LogP contribution >= 0.6 is 0 Å². The van der Waals surface area contributed by atoms with Crippen LogP contribution in [-0.4, -0.2) is 9.55 Å². The van der Waals surface area contributed by atoms with Crippen molar-refractivity contribution in [2.45, 2.75) is 26.7 Å². The molecule has 9 aromatic rings. The maximum absolute atomic E-state index is 5.15. The van der Waals surface area contributed by atoms with E-state index in [2.05, 4.69) is 200 Å². The Morgan fingerprint density at radius 3 is 2.02 bits per heavy atom. The number of imidazole rings is 1. The van der Waals surface area contributed by atoms with Gasteiger partial charge in [0.25, 0.3) is 0 Å². The molecular weight excluding hydrogens is 665 g/mol. The SMILES string of the molecule is C/C=C\c1cc(-c2c3ccccc3c(-c3ccc4ccccc4c3)c3ccc(-c4ccc(-c5nc6ccccc6n5C5=CC=CCC5)cc4)cc23)ccc1C. The van der Waals surface area contributed by atoms with Crippen LogP contribution in [0.4, 0.5) is 0 Å². The molecule has 0 unspecified atom stereocenters. The number of rotatable bonds is 6. The van der Waals surface area contributed by atoms with Crippen LogP contribution in [0.25, 0.3) is 99.9 Å². The summed E-state index contributed by atoms with van der Waals surface area (Å²) in [6, 6.07) is 55.9. The van der Waals surface area contributed by atoms with Gasteiger partial charge in [0.05, 0.1) is 11.0 Å². The molecule has 8 aromatic carbocycles. The molecule has 1 aromatic heterocycles. The first-order chi connectivity index (χ1) is 27.1. The highest BCUT2D eigenvalue weighted by Crippen LogP contribution is 2.46. The molecule has 0 amide bonds. The van der Waals surface area contributed by atoms with Crippen LogP contribution in [-0.2, 0) is 0 Å². The van der Waals surface area contributed by atoms with E-state index in [1.807, 2.05) is 0 Å².